The lowest BCUT2D eigenvalue weighted by Gasteiger charge is -2.02. The molecule has 0 radical (unpaired) electrons. The van der Waals surface area contributed by atoms with Gasteiger partial charge in [0.05, 0.1) is 18.3 Å². The van der Waals surface area contributed by atoms with Crippen molar-refractivity contribution in [2.24, 2.45) is 0 Å². The van der Waals surface area contributed by atoms with Gasteiger partial charge in [-0.1, -0.05) is 29.7 Å². The molecule has 0 saturated heterocycles. The summed E-state index contributed by atoms with van der Waals surface area (Å²) in [6, 6.07) is 7.89. The topological polar surface area (TPSA) is 43.0 Å². The highest BCUT2D eigenvalue weighted by atomic mass is 35.5. The van der Waals surface area contributed by atoms with E-state index in [1.165, 1.54) is 10.9 Å². The van der Waals surface area contributed by atoms with Crippen LogP contribution in [0, 0.1) is 0 Å². The number of hydrogen-bond donors (Lipinski definition) is 1. The fraction of sp³-hybridized carbons (Fsp3) is 0.312. The van der Waals surface area contributed by atoms with Crippen LogP contribution in [-0.4, -0.2) is 16.3 Å². The lowest BCUT2D eigenvalue weighted by molar-refractivity contribution is 0.377. The number of fused-ring (bicyclic) bond motifs is 1. The maximum Gasteiger partial charge on any atom is 0.156 e. The van der Waals surface area contributed by atoms with Crippen LogP contribution in [0.25, 0.3) is 10.9 Å². The molecule has 0 aliphatic carbocycles. The first-order valence-corrected chi connectivity index (χ1v) is 7.53. The van der Waals surface area contributed by atoms with E-state index in [-0.39, 0.29) is 0 Å². The Hall–Kier alpha value is -1.78. The van der Waals surface area contributed by atoms with E-state index >= 15 is 0 Å². The zero-order valence-corrected chi connectivity index (χ0v) is 12.7. The molecule has 0 aliphatic heterocycles. The minimum atomic E-state index is 0.657. The molecule has 0 aliphatic rings. The van der Waals surface area contributed by atoms with Crippen molar-refractivity contribution in [1.29, 1.82) is 0 Å². The molecule has 1 aromatic carbocycles. The maximum atomic E-state index is 6.14. The Bertz CT molecular complexity index is 719. The average molecular weight is 304 g/mol. The molecule has 2 heterocycles. The predicted molar refractivity (Wildman–Crippen MR) is 84.6 cm³/mol. The summed E-state index contributed by atoms with van der Waals surface area (Å²) in [5.41, 5.74) is 2.39. The third kappa shape index (κ3) is 3.12. The van der Waals surface area contributed by atoms with E-state index in [9.17, 15) is 0 Å². The first kappa shape index (κ1) is 14.2. The minimum absolute atomic E-state index is 0.657. The number of nitrogens with one attached hydrogen (secondary N) is 1. The van der Waals surface area contributed by atoms with Crippen LogP contribution in [0.5, 0.6) is 0 Å². The van der Waals surface area contributed by atoms with Crippen LogP contribution < -0.4 is 5.32 Å². The van der Waals surface area contributed by atoms with Crippen LogP contribution in [0.2, 0.25) is 5.02 Å². The summed E-state index contributed by atoms with van der Waals surface area (Å²) in [5, 5.41) is 9.17. The molecule has 0 bridgehead atoms. The number of halogens is 1. The van der Waals surface area contributed by atoms with Gasteiger partial charge in [-0.3, -0.25) is 0 Å². The predicted octanol–water partition coefficient (Wildman–Crippen LogP) is 3.83. The van der Waals surface area contributed by atoms with Crippen LogP contribution in [0.1, 0.15) is 24.7 Å². The molecule has 5 heteroatoms. The van der Waals surface area contributed by atoms with E-state index in [1.807, 2.05) is 18.2 Å². The fourth-order valence-corrected chi connectivity index (χ4v) is 2.67. The quantitative estimate of drug-likeness (QED) is 0.704. The fourth-order valence-electron chi connectivity index (χ4n) is 2.50. The minimum Gasteiger partial charge on any atom is -0.359 e. The summed E-state index contributed by atoms with van der Waals surface area (Å²) >= 11 is 6.14. The summed E-state index contributed by atoms with van der Waals surface area (Å²) < 4.78 is 7.36. The number of rotatable bonds is 6. The second-order valence-corrected chi connectivity index (χ2v) is 5.54. The van der Waals surface area contributed by atoms with E-state index in [0.29, 0.717) is 6.54 Å². The standard InChI is InChI=1S/C16H18ClN3O/c1-2-6-18-9-12-10-20(11-14-5-7-19-21-14)16-8-13(17)3-4-15(12)16/h3-5,7-8,10,18H,2,6,9,11H2,1H3. The number of benzene rings is 1. The second-order valence-electron chi connectivity index (χ2n) is 5.10. The van der Waals surface area contributed by atoms with Crippen LogP contribution in [0.15, 0.2) is 41.2 Å². The molecule has 3 aromatic rings. The highest BCUT2D eigenvalue weighted by Crippen LogP contribution is 2.25. The Balaban J connectivity index is 1.96. The monoisotopic (exact) mass is 303 g/mol. The van der Waals surface area contributed by atoms with Gasteiger partial charge in [0, 0.05) is 29.2 Å². The highest BCUT2D eigenvalue weighted by molar-refractivity contribution is 6.31. The molecule has 3 rings (SSSR count). The molecule has 110 valence electrons. The van der Waals surface area contributed by atoms with E-state index < -0.39 is 0 Å². The van der Waals surface area contributed by atoms with Crippen LogP contribution in [0.4, 0.5) is 0 Å². The smallest absolute Gasteiger partial charge is 0.156 e. The van der Waals surface area contributed by atoms with Gasteiger partial charge in [-0.25, -0.2) is 0 Å². The molecule has 0 saturated carbocycles. The van der Waals surface area contributed by atoms with Crippen LogP contribution >= 0.6 is 11.6 Å². The molecule has 0 unspecified atom stereocenters. The highest BCUT2D eigenvalue weighted by Gasteiger charge is 2.10. The molecule has 0 fully saturated rings. The van der Waals surface area contributed by atoms with Crippen molar-refractivity contribution >= 4 is 22.5 Å². The van der Waals surface area contributed by atoms with Gasteiger partial charge >= 0.3 is 0 Å². The van der Waals surface area contributed by atoms with Crippen LogP contribution in [0.3, 0.4) is 0 Å². The molecular weight excluding hydrogens is 286 g/mol. The van der Waals surface area contributed by atoms with Crippen LogP contribution in [-0.2, 0) is 13.1 Å². The Morgan fingerprint density at radius 2 is 2.24 bits per heavy atom. The van der Waals surface area contributed by atoms with Gasteiger partial charge in [0.25, 0.3) is 0 Å². The summed E-state index contributed by atoms with van der Waals surface area (Å²) in [7, 11) is 0. The Kier molecular flexibility index (Phi) is 4.27. The Morgan fingerprint density at radius 3 is 3.00 bits per heavy atom. The van der Waals surface area contributed by atoms with E-state index in [4.69, 9.17) is 16.1 Å². The SMILES string of the molecule is CCCNCc1cn(Cc2ccno2)c2cc(Cl)ccc12. The molecule has 2 aromatic heterocycles. The first-order valence-electron chi connectivity index (χ1n) is 7.15. The van der Waals surface area contributed by atoms with Gasteiger partial charge in [0.2, 0.25) is 0 Å². The van der Waals surface area contributed by atoms with Crippen molar-refractivity contribution in [2.45, 2.75) is 26.4 Å². The third-order valence-corrected chi connectivity index (χ3v) is 3.72. The van der Waals surface area contributed by atoms with Gasteiger partial charge < -0.3 is 14.4 Å². The van der Waals surface area contributed by atoms with Crippen molar-refractivity contribution in [3.05, 3.63) is 53.0 Å². The molecule has 0 atom stereocenters. The van der Waals surface area contributed by atoms with Crippen molar-refractivity contribution in [3.63, 3.8) is 0 Å². The van der Waals surface area contributed by atoms with Gasteiger partial charge in [-0.05, 0) is 30.7 Å². The van der Waals surface area contributed by atoms with Crippen molar-refractivity contribution in [3.8, 4) is 0 Å². The Morgan fingerprint density at radius 1 is 1.33 bits per heavy atom. The molecule has 21 heavy (non-hydrogen) atoms. The molecule has 4 nitrogen and oxygen atoms in total. The van der Waals surface area contributed by atoms with Gasteiger partial charge in [0.15, 0.2) is 5.76 Å². The number of aromatic nitrogens is 2. The zero-order chi connectivity index (χ0) is 14.7. The Labute approximate surface area is 128 Å². The van der Waals surface area contributed by atoms with Crippen molar-refractivity contribution in [2.75, 3.05) is 6.54 Å². The lowest BCUT2D eigenvalue weighted by Crippen LogP contribution is -2.13. The molecule has 0 amide bonds. The molecule has 0 spiro atoms. The van der Waals surface area contributed by atoms with E-state index in [1.54, 1.807) is 6.20 Å². The van der Waals surface area contributed by atoms with E-state index in [2.05, 4.69) is 34.2 Å². The summed E-state index contributed by atoms with van der Waals surface area (Å²) in [6.45, 7) is 4.70. The number of hydrogen-bond acceptors (Lipinski definition) is 3. The molecular formula is C16H18ClN3O. The normalized spacial score (nSPS) is 11.3. The number of nitrogens with zero attached hydrogens (tertiary/aromatic N) is 2. The lowest BCUT2D eigenvalue weighted by atomic mass is 10.2. The second kappa shape index (κ2) is 6.33. The zero-order valence-electron chi connectivity index (χ0n) is 12.0. The van der Waals surface area contributed by atoms with Gasteiger partial charge in [0.1, 0.15) is 0 Å². The van der Waals surface area contributed by atoms with E-state index in [0.717, 1.165) is 35.8 Å². The van der Waals surface area contributed by atoms with Gasteiger partial charge in [-0.2, -0.15) is 0 Å². The van der Waals surface area contributed by atoms with Crippen molar-refractivity contribution < 1.29 is 4.52 Å². The summed E-state index contributed by atoms with van der Waals surface area (Å²) in [4.78, 5) is 0. The summed E-state index contributed by atoms with van der Waals surface area (Å²) in [6.07, 6.45) is 4.95. The average Bonchev–Trinajstić information content (AvgIpc) is 3.09. The van der Waals surface area contributed by atoms with Gasteiger partial charge in [-0.15, -0.1) is 0 Å². The largest absolute Gasteiger partial charge is 0.359 e. The summed E-state index contributed by atoms with van der Waals surface area (Å²) in [5.74, 6) is 0.833. The van der Waals surface area contributed by atoms with Crippen molar-refractivity contribution in [1.82, 2.24) is 15.0 Å². The first-order chi connectivity index (χ1) is 10.3. The maximum absolute atomic E-state index is 6.14. The third-order valence-electron chi connectivity index (χ3n) is 3.49. The molecule has 1 N–H and O–H groups in total.